The van der Waals surface area contributed by atoms with Crippen molar-refractivity contribution in [3.8, 4) is 0 Å². The van der Waals surface area contributed by atoms with E-state index in [1.54, 1.807) is 11.9 Å². The zero-order chi connectivity index (χ0) is 8.72. The number of nitrogens with zero attached hydrogens (tertiary/aromatic N) is 3. The average Bonchev–Trinajstić information content (AvgIpc) is 2.33. The van der Waals surface area contributed by atoms with Crippen LogP contribution in [0.3, 0.4) is 0 Å². The van der Waals surface area contributed by atoms with Crippen molar-refractivity contribution in [2.45, 2.75) is 0 Å². The highest BCUT2D eigenvalue weighted by atomic mass is 16.1. The fourth-order valence-corrected chi connectivity index (χ4v) is 1.12. The number of hydrogen-bond acceptors (Lipinski definition) is 4. The zero-order valence-corrected chi connectivity index (χ0v) is 6.53. The number of fused-ring (bicyclic) bond motifs is 1. The highest BCUT2D eigenvalue weighted by Gasteiger charge is 2.21. The lowest BCUT2D eigenvalue weighted by atomic mass is 10.5. The standard InChI is InChI=1S/C6H8N5O/c1-11-2-8-3-4(11)9-6(7)10-5(3)12/h2H2,1H3,(H3,7,9,10,12). The second kappa shape index (κ2) is 2.13. The van der Waals surface area contributed by atoms with Gasteiger partial charge in [-0.25, -0.2) is 0 Å². The van der Waals surface area contributed by atoms with E-state index in [1.165, 1.54) is 0 Å². The Bertz CT molecular complexity index is 371. The van der Waals surface area contributed by atoms with E-state index in [4.69, 9.17) is 5.73 Å². The maximum absolute atomic E-state index is 11.2. The van der Waals surface area contributed by atoms with E-state index in [0.717, 1.165) is 0 Å². The highest BCUT2D eigenvalue weighted by molar-refractivity contribution is 5.64. The molecule has 0 bridgehead atoms. The molecule has 12 heavy (non-hydrogen) atoms. The van der Waals surface area contributed by atoms with Crippen molar-refractivity contribution < 1.29 is 0 Å². The van der Waals surface area contributed by atoms with Gasteiger partial charge in [0.25, 0.3) is 5.56 Å². The first kappa shape index (κ1) is 6.96. The summed E-state index contributed by atoms with van der Waals surface area (Å²) in [4.78, 5) is 19.3. The van der Waals surface area contributed by atoms with Crippen LogP contribution < -0.4 is 21.5 Å². The maximum Gasteiger partial charge on any atom is 0.280 e. The molecule has 0 amide bonds. The van der Waals surface area contributed by atoms with E-state index < -0.39 is 0 Å². The molecule has 1 radical (unpaired) electrons. The molecule has 1 aromatic heterocycles. The Morgan fingerprint density at radius 1 is 1.67 bits per heavy atom. The molecule has 0 fully saturated rings. The van der Waals surface area contributed by atoms with Crippen LogP contribution in [-0.2, 0) is 0 Å². The Labute approximate surface area is 68.4 Å². The maximum atomic E-state index is 11.2. The number of nitrogens with two attached hydrogens (primary N) is 1. The quantitative estimate of drug-likeness (QED) is 0.517. The normalized spacial score (nSPS) is 14.2. The van der Waals surface area contributed by atoms with Gasteiger partial charge < -0.3 is 10.6 Å². The minimum Gasteiger partial charge on any atom is -0.369 e. The van der Waals surface area contributed by atoms with Crippen LogP contribution in [0.2, 0.25) is 0 Å². The highest BCUT2D eigenvalue weighted by Crippen LogP contribution is 2.23. The summed E-state index contributed by atoms with van der Waals surface area (Å²) in [6.45, 7) is 0.467. The Kier molecular flexibility index (Phi) is 1.24. The Hall–Kier alpha value is -1.72. The molecule has 6 nitrogen and oxygen atoms in total. The molecule has 0 spiro atoms. The van der Waals surface area contributed by atoms with Gasteiger partial charge in [-0.2, -0.15) is 4.98 Å². The predicted octanol–water partition coefficient (Wildman–Crippen LogP) is -1.00. The largest absolute Gasteiger partial charge is 0.369 e. The van der Waals surface area contributed by atoms with Crippen molar-refractivity contribution in [1.29, 1.82) is 0 Å². The van der Waals surface area contributed by atoms with Gasteiger partial charge in [0.15, 0.2) is 11.5 Å². The number of nitrogens with one attached hydrogen (secondary N) is 1. The Morgan fingerprint density at radius 2 is 2.42 bits per heavy atom. The lowest BCUT2D eigenvalue weighted by molar-refractivity contribution is 0.865. The van der Waals surface area contributed by atoms with Crippen LogP contribution in [0.25, 0.3) is 0 Å². The van der Waals surface area contributed by atoms with Gasteiger partial charge in [0, 0.05) is 7.05 Å². The molecular formula is C6H8N5O. The molecule has 0 saturated heterocycles. The van der Waals surface area contributed by atoms with Gasteiger partial charge in [-0.1, -0.05) is 0 Å². The summed E-state index contributed by atoms with van der Waals surface area (Å²) in [6.07, 6.45) is 0. The van der Waals surface area contributed by atoms with Crippen LogP contribution in [0, 0.1) is 0 Å². The SMILES string of the molecule is CN1C[N]c2c1nc(N)[nH]c2=O. The van der Waals surface area contributed by atoms with E-state index in [-0.39, 0.29) is 11.5 Å². The van der Waals surface area contributed by atoms with Gasteiger partial charge in [-0.05, 0) is 0 Å². The van der Waals surface area contributed by atoms with Crippen molar-refractivity contribution in [3.63, 3.8) is 0 Å². The van der Waals surface area contributed by atoms with Gasteiger partial charge in [-0.15, -0.1) is 0 Å². The van der Waals surface area contributed by atoms with Crippen molar-refractivity contribution >= 4 is 17.5 Å². The van der Waals surface area contributed by atoms with Crippen LogP contribution in [0.5, 0.6) is 0 Å². The molecule has 1 aromatic rings. The van der Waals surface area contributed by atoms with E-state index in [1.807, 2.05) is 0 Å². The lowest BCUT2D eigenvalue weighted by Gasteiger charge is -2.06. The van der Waals surface area contributed by atoms with Crippen LogP contribution in [0.1, 0.15) is 0 Å². The van der Waals surface area contributed by atoms with Crippen LogP contribution in [-0.4, -0.2) is 23.7 Å². The third kappa shape index (κ3) is 0.810. The molecule has 3 N–H and O–H groups in total. The monoisotopic (exact) mass is 166 g/mol. The van der Waals surface area contributed by atoms with Gasteiger partial charge in [0.05, 0.1) is 0 Å². The number of aromatic amines is 1. The number of nitrogen functional groups attached to an aromatic ring is 1. The Morgan fingerprint density at radius 3 is 3.17 bits per heavy atom. The summed E-state index contributed by atoms with van der Waals surface area (Å²) in [5, 5.41) is 3.99. The van der Waals surface area contributed by atoms with Gasteiger partial charge in [0.2, 0.25) is 5.95 Å². The van der Waals surface area contributed by atoms with Crippen LogP contribution >= 0.6 is 0 Å². The molecule has 1 aliphatic heterocycles. The van der Waals surface area contributed by atoms with Gasteiger partial charge >= 0.3 is 0 Å². The number of rotatable bonds is 0. The van der Waals surface area contributed by atoms with Crippen molar-refractivity contribution in [1.82, 2.24) is 15.3 Å². The molecular weight excluding hydrogens is 158 g/mol. The first-order valence-corrected chi connectivity index (χ1v) is 3.47. The molecule has 0 atom stereocenters. The topological polar surface area (TPSA) is 89.1 Å². The number of aromatic nitrogens is 2. The third-order valence-corrected chi connectivity index (χ3v) is 1.70. The molecule has 1 aliphatic rings. The third-order valence-electron chi connectivity index (χ3n) is 1.70. The molecule has 63 valence electrons. The molecule has 0 aliphatic carbocycles. The van der Waals surface area contributed by atoms with E-state index in [2.05, 4.69) is 15.3 Å². The smallest absolute Gasteiger partial charge is 0.280 e. The second-order valence-electron chi connectivity index (χ2n) is 2.62. The fourth-order valence-electron chi connectivity index (χ4n) is 1.12. The number of H-pyrrole nitrogens is 1. The lowest BCUT2D eigenvalue weighted by Crippen LogP contribution is -2.16. The minimum absolute atomic E-state index is 0.128. The molecule has 0 unspecified atom stereocenters. The summed E-state index contributed by atoms with van der Waals surface area (Å²) in [6, 6.07) is 0. The molecule has 0 aromatic carbocycles. The first-order valence-electron chi connectivity index (χ1n) is 3.47. The second-order valence-corrected chi connectivity index (χ2v) is 2.62. The molecule has 2 heterocycles. The first-order chi connectivity index (χ1) is 5.68. The summed E-state index contributed by atoms with van der Waals surface area (Å²) in [5.41, 5.74) is 5.45. The van der Waals surface area contributed by atoms with E-state index >= 15 is 0 Å². The van der Waals surface area contributed by atoms with Crippen LogP contribution in [0.4, 0.5) is 17.5 Å². The summed E-state index contributed by atoms with van der Waals surface area (Å²) in [5.74, 6) is 0.680. The molecule has 0 saturated carbocycles. The summed E-state index contributed by atoms with van der Waals surface area (Å²) in [7, 11) is 1.81. The van der Waals surface area contributed by atoms with Gasteiger partial charge in [-0.3, -0.25) is 15.1 Å². The summed E-state index contributed by atoms with van der Waals surface area (Å²) < 4.78 is 0. The molecule has 6 heteroatoms. The van der Waals surface area contributed by atoms with E-state index in [9.17, 15) is 4.79 Å². The number of hydrogen-bond donors (Lipinski definition) is 2. The van der Waals surface area contributed by atoms with Crippen molar-refractivity contribution in [2.75, 3.05) is 24.3 Å². The fraction of sp³-hybridized carbons (Fsp3) is 0.333. The minimum atomic E-state index is -0.276. The number of anilines is 2. The van der Waals surface area contributed by atoms with Crippen molar-refractivity contribution in [2.24, 2.45) is 0 Å². The van der Waals surface area contributed by atoms with Gasteiger partial charge in [0.1, 0.15) is 6.67 Å². The zero-order valence-electron chi connectivity index (χ0n) is 6.53. The Balaban J connectivity index is 2.68. The van der Waals surface area contributed by atoms with E-state index in [0.29, 0.717) is 18.2 Å². The summed E-state index contributed by atoms with van der Waals surface area (Å²) >= 11 is 0. The predicted molar refractivity (Wildman–Crippen MR) is 44.3 cm³/mol. The van der Waals surface area contributed by atoms with Crippen molar-refractivity contribution in [3.05, 3.63) is 10.4 Å². The van der Waals surface area contributed by atoms with Crippen LogP contribution in [0.15, 0.2) is 4.79 Å². The average molecular weight is 166 g/mol. The molecule has 2 rings (SSSR count).